The monoisotopic (exact) mass is 294 g/mol. The van der Waals surface area contributed by atoms with Crippen molar-refractivity contribution in [2.75, 3.05) is 13.2 Å². The van der Waals surface area contributed by atoms with Crippen molar-refractivity contribution in [1.82, 2.24) is 10.4 Å². The van der Waals surface area contributed by atoms with Gasteiger partial charge in [0.25, 0.3) is 11.8 Å². The molecule has 114 valence electrons. The molecule has 7 nitrogen and oxygen atoms in total. The molecule has 1 aromatic rings. The van der Waals surface area contributed by atoms with E-state index in [1.807, 2.05) is 0 Å². The zero-order valence-corrected chi connectivity index (χ0v) is 11.9. The Morgan fingerprint density at radius 3 is 2.71 bits per heavy atom. The van der Waals surface area contributed by atoms with E-state index in [-0.39, 0.29) is 18.1 Å². The zero-order valence-electron chi connectivity index (χ0n) is 11.9. The minimum Gasteiger partial charge on any atom is -0.491 e. The molecule has 0 atom stereocenters. The molecule has 0 aliphatic carbocycles. The summed E-state index contributed by atoms with van der Waals surface area (Å²) in [6.07, 6.45) is 0. The van der Waals surface area contributed by atoms with E-state index in [0.29, 0.717) is 18.8 Å². The third-order valence-electron chi connectivity index (χ3n) is 3.22. The number of ether oxygens (including phenoxy) is 1. The predicted molar refractivity (Wildman–Crippen MR) is 72.9 cm³/mol. The van der Waals surface area contributed by atoms with Crippen LogP contribution in [0, 0.1) is 0 Å². The number of aliphatic hydroxyl groups is 1. The van der Waals surface area contributed by atoms with Crippen molar-refractivity contribution < 1.29 is 24.6 Å². The summed E-state index contributed by atoms with van der Waals surface area (Å²) in [4.78, 5) is 25.0. The molecule has 0 radical (unpaired) electrons. The Morgan fingerprint density at radius 1 is 1.38 bits per heavy atom. The molecule has 21 heavy (non-hydrogen) atoms. The van der Waals surface area contributed by atoms with Crippen LogP contribution < -0.4 is 10.2 Å². The molecular formula is C14H18N2O5. The van der Waals surface area contributed by atoms with Crippen LogP contribution in [0.25, 0.3) is 0 Å². The summed E-state index contributed by atoms with van der Waals surface area (Å²) in [5, 5.41) is 18.4. The van der Waals surface area contributed by atoms with Crippen LogP contribution in [0.15, 0.2) is 18.2 Å². The maximum Gasteiger partial charge on any atom is 0.274 e. The molecular weight excluding hydrogens is 276 g/mol. The van der Waals surface area contributed by atoms with Gasteiger partial charge in [0.05, 0.1) is 6.54 Å². The molecule has 1 aliphatic rings. The van der Waals surface area contributed by atoms with Crippen molar-refractivity contribution in [3.63, 3.8) is 0 Å². The fraction of sp³-hybridized carbons (Fsp3) is 0.429. The van der Waals surface area contributed by atoms with Gasteiger partial charge in [0, 0.05) is 17.7 Å². The van der Waals surface area contributed by atoms with Crippen molar-refractivity contribution in [2.45, 2.75) is 26.0 Å². The van der Waals surface area contributed by atoms with Gasteiger partial charge in [-0.15, -0.1) is 0 Å². The van der Waals surface area contributed by atoms with Crippen molar-refractivity contribution in [2.24, 2.45) is 0 Å². The summed E-state index contributed by atoms with van der Waals surface area (Å²) < 4.78 is 5.54. The Bertz CT molecular complexity index is 565. The van der Waals surface area contributed by atoms with Gasteiger partial charge in [-0.3, -0.25) is 14.8 Å². The first-order valence-corrected chi connectivity index (χ1v) is 6.55. The highest BCUT2D eigenvalue weighted by molar-refractivity contribution is 5.93. The Labute approximate surface area is 122 Å². The van der Waals surface area contributed by atoms with Crippen LogP contribution >= 0.6 is 0 Å². The number of carbonyl (C=O) groups is 2. The first-order chi connectivity index (χ1) is 9.82. The largest absolute Gasteiger partial charge is 0.491 e. The minimum atomic E-state index is -1.44. The molecule has 0 saturated heterocycles. The molecule has 0 fully saturated rings. The Morgan fingerprint density at radius 2 is 2.10 bits per heavy atom. The van der Waals surface area contributed by atoms with Gasteiger partial charge in [-0.2, -0.15) is 0 Å². The normalized spacial score (nSPS) is 14.8. The number of benzene rings is 1. The lowest BCUT2D eigenvalue weighted by molar-refractivity contribution is -0.148. The number of fused-ring (bicyclic) bond motifs is 1. The number of amides is 2. The van der Waals surface area contributed by atoms with Gasteiger partial charge < -0.3 is 14.7 Å². The van der Waals surface area contributed by atoms with Gasteiger partial charge in [0.2, 0.25) is 0 Å². The molecule has 2 rings (SSSR count). The van der Waals surface area contributed by atoms with Crippen LogP contribution in [-0.2, 0) is 11.3 Å². The number of nitrogens with zero attached hydrogens (tertiary/aromatic N) is 1. The molecule has 1 aliphatic heterocycles. The minimum absolute atomic E-state index is 0.263. The standard InChI is InChI=1S/C14H18N2O5/c1-14(2,19)13(18)16-5-6-21-11-7-9(12(17)15-20)3-4-10(11)8-16/h3-4,7,19-20H,5-6,8H2,1-2H3,(H,15,17). The van der Waals surface area contributed by atoms with E-state index in [1.165, 1.54) is 30.9 Å². The fourth-order valence-electron chi connectivity index (χ4n) is 2.14. The highest BCUT2D eigenvalue weighted by Gasteiger charge is 2.31. The third kappa shape index (κ3) is 3.32. The molecule has 0 bridgehead atoms. The van der Waals surface area contributed by atoms with Gasteiger partial charge in [0.15, 0.2) is 0 Å². The van der Waals surface area contributed by atoms with E-state index < -0.39 is 11.5 Å². The summed E-state index contributed by atoms with van der Waals surface area (Å²) in [5.74, 6) is -0.520. The summed E-state index contributed by atoms with van der Waals surface area (Å²) >= 11 is 0. The summed E-state index contributed by atoms with van der Waals surface area (Å²) in [6.45, 7) is 3.78. The molecule has 7 heteroatoms. The van der Waals surface area contributed by atoms with Crippen LogP contribution in [0.5, 0.6) is 5.75 Å². The van der Waals surface area contributed by atoms with E-state index in [4.69, 9.17) is 9.94 Å². The highest BCUT2D eigenvalue weighted by Crippen LogP contribution is 2.25. The Kier molecular flexibility index (Phi) is 4.15. The average molecular weight is 294 g/mol. The highest BCUT2D eigenvalue weighted by atomic mass is 16.5. The van der Waals surface area contributed by atoms with Gasteiger partial charge in [-0.1, -0.05) is 6.07 Å². The molecule has 1 aromatic carbocycles. The van der Waals surface area contributed by atoms with E-state index in [0.717, 1.165) is 5.56 Å². The lowest BCUT2D eigenvalue weighted by atomic mass is 10.1. The second-order valence-corrected chi connectivity index (χ2v) is 5.40. The molecule has 1 heterocycles. The molecule has 0 unspecified atom stereocenters. The molecule has 0 spiro atoms. The number of carbonyl (C=O) groups excluding carboxylic acids is 2. The smallest absolute Gasteiger partial charge is 0.274 e. The topological polar surface area (TPSA) is 99.1 Å². The van der Waals surface area contributed by atoms with E-state index in [9.17, 15) is 14.7 Å². The number of hydrogen-bond donors (Lipinski definition) is 3. The molecule has 2 amide bonds. The van der Waals surface area contributed by atoms with Gasteiger partial charge in [0.1, 0.15) is 18.0 Å². The first kappa shape index (κ1) is 15.3. The Balaban J connectivity index is 2.26. The van der Waals surface area contributed by atoms with E-state index in [1.54, 1.807) is 11.5 Å². The number of hydroxylamine groups is 1. The quantitative estimate of drug-likeness (QED) is 0.538. The van der Waals surface area contributed by atoms with Crippen LogP contribution in [0.3, 0.4) is 0 Å². The second-order valence-electron chi connectivity index (χ2n) is 5.40. The second kappa shape index (κ2) is 5.71. The lowest BCUT2D eigenvalue weighted by Crippen LogP contribution is -2.45. The zero-order chi connectivity index (χ0) is 15.6. The lowest BCUT2D eigenvalue weighted by Gasteiger charge is -2.26. The van der Waals surface area contributed by atoms with Gasteiger partial charge in [-0.05, 0) is 26.0 Å². The SMILES string of the molecule is CC(C)(O)C(=O)N1CCOc2cc(C(=O)NO)ccc2C1. The van der Waals surface area contributed by atoms with E-state index >= 15 is 0 Å². The molecule has 0 aromatic heterocycles. The Hall–Kier alpha value is -2.12. The van der Waals surface area contributed by atoms with Crippen molar-refractivity contribution in [3.8, 4) is 5.75 Å². The van der Waals surface area contributed by atoms with Crippen LogP contribution in [0.1, 0.15) is 29.8 Å². The predicted octanol–water partition coefficient (Wildman–Crippen LogP) is 0.297. The summed E-state index contributed by atoms with van der Waals surface area (Å²) in [5.41, 5.74) is 1.11. The average Bonchev–Trinajstić information content (AvgIpc) is 2.65. The van der Waals surface area contributed by atoms with Crippen LogP contribution in [0.2, 0.25) is 0 Å². The van der Waals surface area contributed by atoms with Crippen molar-refractivity contribution in [1.29, 1.82) is 0 Å². The fourth-order valence-corrected chi connectivity index (χ4v) is 2.14. The van der Waals surface area contributed by atoms with E-state index in [2.05, 4.69) is 0 Å². The molecule has 0 saturated carbocycles. The van der Waals surface area contributed by atoms with Crippen molar-refractivity contribution in [3.05, 3.63) is 29.3 Å². The van der Waals surface area contributed by atoms with Gasteiger partial charge >= 0.3 is 0 Å². The van der Waals surface area contributed by atoms with Crippen molar-refractivity contribution >= 4 is 11.8 Å². The third-order valence-corrected chi connectivity index (χ3v) is 3.22. The summed E-state index contributed by atoms with van der Waals surface area (Å²) in [6, 6.07) is 4.71. The first-order valence-electron chi connectivity index (χ1n) is 6.55. The van der Waals surface area contributed by atoms with Crippen LogP contribution in [0.4, 0.5) is 0 Å². The number of nitrogens with one attached hydrogen (secondary N) is 1. The summed E-state index contributed by atoms with van der Waals surface area (Å²) in [7, 11) is 0. The number of hydrogen-bond acceptors (Lipinski definition) is 5. The van der Waals surface area contributed by atoms with Gasteiger partial charge in [-0.25, -0.2) is 5.48 Å². The maximum absolute atomic E-state index is 12.1. The maximum atomic E-state index is 12.1. The molecule has 3 N–H and O–H groups in total. The number of rotatable bonds is 2. The van der Waals surface area contributed by atoms with Crippen LogP contribution in [-0.4, -0.2) is 45.8 Å².